The third kappa shape index (κ3) is 3.16. The Hall–Kier alpha value is -1.16. The van der Waals surface area contributed by atoms with Gasteiger partial charge >= 0.3 is 5.97 Å². The number of hydrogen-bond donors (Lipinski definition) is 2. The first-order chi connectivity index (χ1) is 7.02. The van der Waals surface area contributed by atoms with Crippen molar-refractivity contribution in [2.75, 3.05) is 0 Å². The van der Waals surface area contributed by atoms with E-state index in [-0.39, 0.29) is 11.0 Å². The molecule has 1 rings (SSSR count). The van der Waals surface area contributed by atoms with E-state index in [0.29, 0.717) is 0 Å². The first kappa shape index (κ1) is 11.9. The van der Waals surface area contributed by atoms with Crippen molar-refractivity contribution in [3.63, 3.8) is 0 Å². The summed E-state index contributed by atoms with van der Waals surface area (Å²) in [5.41, 5.74) is 0. The molecule has 0 aliphatic carbocycles. The Morgan fingerprint density at radius 3 is 2.47 bits per heavy atom. The van der Waals surface area contributed by atoms with E-state index in [1.807, 2.05) is 13.0 Å². The Kier molecular flexibility index (Phi) is 4.03. The molecule has 2 N–H and O–H groups in total. The maximum absolute atomic E-state index is 10.7. The molecule has 0 heterocycles. The van der Waals surface area contributed by atoms with Crippen LogP contribution < -0.4 is 0 Å². The van der Waals surface area contributed by atoms with Gasteiger partial charge in [-0.05, 0) is 12.1 Å². The van der Waals surface area contributed by atoms with Crippen LogP contribution in [0.15, 0.2) is 29.2 Å². The summed E-state index contributed by atoms with van der Waals surface area (Å²) in [6.45, 7) is 3.51. The van der Waals surface area contributed by atoms with Gasteiger partial charge in [-0.25, -0.2) is 0 Å². The van der Waals surface area contributed by atoms with Gasteiger partial charge in [-0.15, -0.1) is 11.8 Å². The van der Waals surface area contributed by atoms with E-state index in [1.165, 1.54) is 11.8 Å². The number of aromatic hydroxyl groups is 1. The lowest BCUT2D eigenvalue weighted by atomic mass is 10.1. The number of carboxylic acids is 1. The zero-order valence-electron chi connectivity index (χ0n) is 8.68. The Morgan fingerprint density at radius 1 is 1.33 bits per heavy atom. The molecule has 0 radical (unpaired) electrons. The average molecular weight is 226 g/mol. The van der Waals surface area contributed by atoms with Gasteiger partial charge in [0.2, 0.25) is 0 Å². The summed E-state index contributed by atoms with van der Waals surface area (Å²) in [4.78, 5) is 11.5. The van der Waals surface area contributed by atoms with Crippen molar-refractivity contribution in [1.29, 1.82) is 0 Å². The summed E-state index contributed by atoms with van der Waals surface area (Å²) in [7, 11) is 0. The highest BCUT2D eigenvalue weighted by Gasteiger charge is 2.20. The van der Waals surface area contributed by atoms with E-state index >= 15 is 0 Å². The lowest BCUT2D eigenvalue weighted by Gasteiger charge is -2.15. The van der Waals surface area contributed by atoms with Gasteiger partial charge in [0, 0.05) is 10.1 Å². The molecule has 0 fully saturated rings. The Morgan fingerprint density at radius 2 is 1.93 bits per heavy atom. The van der Waals surface area contributed by atoms with Crippen molar-refractivity contribution in [2.24, 2.45) is 5.92 Å². The topological polar surface area (TPSA) is 57.5 Å². The van der Waals surface area contributed by atoms with Gasteiger partial charge in [-0.1, -0.05) is 26.0 Å². The highest BCUT2D eigenvalue weighted by Crippen LogP contribution is 2.33. The minimum Gasteiger partial charge on any atom is -0.507 e. The maximum atomic E-state index is 10.7. The molecule has 0 aliphatic rings. The van der Waals surface area contributed by atoms with Crippen LogP contribution in [0.1, 0.15) is 13.8 Å². The van der Waals surface area contributed by atoms with Crippen molar-refractivity contribution in [3.8, 4) is 5.75 Å². The monoisotopic (exact) mass is 226 g/mol. The predicted octanol–water partition coefficient (Wildman–Crippen LogP) is 2.59. The summed E-state index contributed by atoms with van der Waals surface area (Å²) < 4.78 is 0. The third-order valence-electron chi connectivity index (χ3n) is 2.27. The second kappa shape index (κ2) is 5.07. The van der Waals surface area contributed by atoms with Crippen LogP contribution in [0, 0.1) is 5.92 Å². The number of phenols is 1. The van der Waals surface area contributed by atoms with Crippen LogP contribution in [0.5, 0.6) is 5.75 Å². The van der Waals surface area contributed by atoms with Crippen molar-refractivity contribution in [3.05, 3.63) is 24.3 Å². The quantitative estimate of drug-likeness (QED) is 0.775. The zero-order valence-corrected chi connectivity index (χ0v) is 9.49. The molecule has 0 aliphatic heterocycles. The number of thioether (sulfide) groups is 1. The number of carbonyl (C=O) groups is 1. The molecule has 82 valence electrons. The lowest BCUT2D eigenvalue weighted by Crippen LogP contribution is -2.19. The average Bonchev–Trinajstić information content (AvgIpc) is 2.20. The minimum absolute atomic E-state index is 0.0733. The fourth-order valence-electron chi connectivity index (χ4n) is 1.06. The van der Waals surface area contributed by atoms with Crippen molar-refractivity contribution < 1.29 is 15.0 Å². The minimum atomic E-state index is -0.814. The van der Waals surface area contributed by atoms with E-state index < -0.39 is 11.9 Å². The normalized spacial score (nSPS) is 14.5. The smallest absolute Gasteiger partial charge is 0.307 e. The summed E-state index contributed by atoms with van der Waals surface area (Å²) in [5, 5.41) is 18.3. The van der Waals surface area contributed by atoms with Gasteiger partial charge in [0.25, 0.3) is 0 Å². The van der Waals surface area contributed by atoms with Gasteiger partial charge in [0.15, 0.2) is 0 Å². The molecular weight excluding hydrogens is 212 g/mol. The van der Waals surface area contributed by atoms with Gasteiger partial charge in [-0.2, -0.15) is 0 Å². The van der Waals surface area contributed by atoms with Crippen LogP contribution in [0.4, 0.5) is 0 Å². The number of hydrogen-bond acceptors (Lipinski definition) is 3. The van der Waals surface area contributed by atoms with Crippen LogP contribution >= 0.6 is 11.8 Å². The molecule has 2 atom stereocenters. The van der Waals surface area contributed by atoms with Gasteiger partial charge in [0.05, 0.1) is 5.92 Å². The number of para-hydroxylation sites is 1. The van der Waals surface area contributed by atoms with Crippen LogP contribution in [0.25, 0.3) is 0 Å². The predicted molar refractivity (Wildman–Crippen MR) is 60.2 cm³/mol. The number of rotatable bonds is 4. The first-order valence-electron chi connectivity index (χ1n) is 4.70. The molecule has 3 nitrogen and oxygen atoms in total. The summed E-state index contributed by atoms with van der Waals surface area (Å²) in [6.07, 6.45) is 0. The van der Waals surface area contributed by atoms with Crippen LogP contribution in [-0.2, 0) is 4.79 Å². The lowest BCUT2D eigenvalue weighted by molar-refractivity contribution is -0.140. The molecule has 0 bridgehead atoms. The molecule has 0 saturated heterocycles. The molecule has 1 aromatic carbocycles. The second-order valence-electron chi connectivity index (χ2n) is 3.42. The van der Waals surface area contributed by atoms with Crippen molar-refractivity contribution in [1.82, 2.24) is 0 Å². The van der Waals surface area contributed by atoms with E-state index in [1.54, 1.807) is 25.1 Å². The Balaban J connectivity index is 2.70. The van der Waals surface area contributed by atoms with Crippen molar-refractivity contribution in [2.45, 2.75) is 24.0 Å². The number of phenolic OH excluding ortho intramolecular Hbond substituents is 1. The van der Waals surface area contributed by atoms with E-state index in [4.69, 9.17) is 5.11 Å². The van der Waals surface area contributed by atoms with E-state index in [9.17, 15) is 9.90 Å². The highest BCUT2D eigenvalue weighted by molar-refractivity contribution is 8.00. The number of carboxylic acid groups (broad SMARTS) is 1. The van der Waals surface area contributed by atoms with Crippen LogP contribution in [0.3, 0.4) is 0 Å². The zero-order chi connectivity index (χ0) is 11.4. The molecule has 15 heavy (non-hydrogen) atoms. The molecule has 1 aromatic rings. The number of aliphatic carboxylic acids is 1. The van der Waals surface area contributed by atoms with Gasteiger partial charge in [0.1, 0.15) is 5.75 Å². The standard InChI is InChI=1S/C11H14O3S/c1-7(11(13)14)8(2)15-10-6-4-3-5-9(10)12/h3-8,12H,1-2H3,(H,13,14). The van der Waals surface area contributed by atoms with Gasteiger partial charge < -0.3 is 10.2 Å². The summed E-state index contributed by atoms with van der Waals surface area (Å²) in [6, 6.07) is 6.94. The second-order valence-corrected chi connectivity index (χ2v) is 4.84. The highest BCUT2D eigenvalue weighted by atomic mass is 32.2. The molecule has 0 amide bonds. The molecule has 0 aromatic heterocycles. The maximum Gasteiger partial charge on any atom is 0.307 e. The first-order valence-corrected chi connectivity index (χ1v) is 5.57. The van der Waals surface area contributed by atoms with Crippen LogP contribution in [0.2, 0.25) is 0 Å². The van der Waals surface area contributed by atoms with Gasteiger partial charge in [-0.3, -0.25) is 4.79 Å². The SMILES string of the molecule is CC(Sc1ccccc1O)C(C)C(=O)O. The summed E-state index contributed by atoms with van der Waals surface area (Å²) >= 11 is 1.38. The fourth-order valence-corrected chi connectivity index (χ4v) is 2.13. The summed E-state index contributed by atoms with van der Waals surface area (Å²) in [5.74, 6) is -1.05. The molecule has 0 spiro atoms. The Bertz CT molecular complexity index is 351. The van der Waals surface area contributed by atoms with E-state index in [0.717, 1.165) is 4.90 Å². The fraction of sp³-hybridized carbons (Fsp3) is 0.364. The molecule has 4 heteroatoms. The third-order valence-corrected chi connectivity index (χ3v) is 3.65. The van der Waals surface area contributed by atoms with Crippen molar-refractivity contribution >= 4 is 17.7 Å². The van der Waals surface area contributed by atoms with Crippen LogP contribution in [-0.4, -0.2) is 21.4 Å². The molecule has 0 saturated carbocycles. The largest absolute Gasteiger partial charge is 0.507 e. The number of benzene rings is 1. The Labute approximate surface area is 93.1 Å². The molecular formula is C11H14O3S. The molecule has 2 unspecified atom stereocenters. The van der Waals surface area contributed by atoms with E-state index in [2.05, 4.69) is 0 Å².